The summed E-state index contributed by atoms with van der Waals surface area (Å²) in [5, 5.41) is 9.15. The smallest absolute Gasteiger partial charge is 0.340 e. The second kappa shape index (κ2) is 4.23. The highest BCUT2D eigenvalue weighted by Crippen LogP contribution is 2.06. The third-order valence-electron chi connectivity index (χ3n) is 1.10. The Labute approximate surface area is 76.6 Å². The first-order valence-electron chi connectivity index (χ1n) is 3.84. The number of carbonyl (C=O) groups is 2. The lowest BCUT2D eigenvalue weighted by Crippen LogP contribution is -2.36. The van der Waals surface area contributed by atoms with E-state index < -0.39 is 23.8 Å². The maximum atomic E-state index is 11.0. The van der Waals surface area contributed by atoms with Gasteiger partial charge >= 0.3 is 11.9 Å². The Morgan fingerprint density at radius 2 is 1.77 bits per heavy atom. The molecule has 5 heteroatoms. The first kappa shape index (κ1) is 11.9. The van der Waals surface area contributed by atoms with Crippen molar-refractivity contribution in [3.63, 3.8) is 0 Å². The largest absolute Gasteiger partial charge is 0.426 e. The van der Waals surface area contributed by atoms with Gasteiger partial charge in [-0.15, -0.1) is 0 Å². The molecule has 0 saturated heterocycles. The predicted molar refractivity (Wildman–Crippen MR) is 43.6 cm³/mol. The van der Waals surface area contributed by atoms with Crippen molar-refractivity contribution in [2.75, 3.05) is 0 Å². The Kier molecular flexibility index (Phi) is 3.87. The number of esters is 2. The van der Waals surface area contributed by atoms with Gasteiger partial charge in [0.2, 0.25) is 6.29 Å². The van der Waals surface area contributed by atoms with Crippen molar-refractivity contribution in [1.29, 1.82) is 0 Å². The Hall–Kier alpha value is -1.10. The minimum atomic E-state index is -1.57. The molecule has 0 aliphatic carbocycles. The summed E-state index contributed by atoms with van der Waals surface area (Å²) in [6.45, 7) is 5.17. The van der Waals surface area contributed by atoms with Crippen LogP contribution < -0.4 is 0 Å². The SMILES string of the molecule is CC(=O)OC(C)OC(=O)C(C)(C)O. The van der Waals surface area contributed by atoms with E-state index in [1.54, 1.807) is 0 Å². The topological polar surface area (TPSA) is 72.8 Å². The van der Waals surface area contributed by atoms with Crippen LogP contribution in [0.3, 0.4) is 0 Å². The van der Waals surface area contributed by atoms with E-state index >= 15 is 0 Å². The van der Waals surface area contributed by atoms with Crippen LogP contribution in [0.25, 0.3) is 0 Å². The number of ether oxygens (including phenoxy) is 2. The molecule has 1 unspecified atom stereocenters. The second-order valence-electron chi connectivity index (χ2n) is 3.14. The van der Waals surface area contributed by atoms with Crippen molar-refractivity contribution in [2.45, 2.75) is 39.6 Å². The predicted octanol–water partition coefficient (Wildman–Crippen LogP) is 0.210. The van der Waals surface area contributed by atoms with E-state index in [4.69, 9.17) is 5.11 Å². The molecule has 0 aliphatic rings. The molecular weight excluding hydrogens is 176 g/mol. The first-order chi connectivity index (χ1) is 5.73. The summed E-state index contributed by atoms with van der Waals surface area (Å²) in [6.07, 6.45) is -0.976. The van der Waals surface area contributed by atoms with Gasteiger partial charge in [-0.3, -0.25) is 4.79 Å². The Morgan fingerprint density at radius 3 is 2.08 bits per heavy atom. The highest BCUT2D eigenvalue weighted by Gasteiger charge is 2.27. The molecular formula is C8H14O5. The van der Waals surface area contributed by atoms with E-state index in [2.05, 4.69) is 9.47 Å². The lowest BCUT2D eigenvalue weighted by Gasteiger charge is -2.19. The minimum Gasteiger partial charge on any atom is -0.426 e. The van der Waals surface area contributed by atoms with Gasteiger partial charge in [-0.1, -0.05) is 0 Å². The molecule has 0 aliphatic heterocycles. The van der Waals surface area contributed by atoms with E-state index in [1.807, 2.05) is 0 Å². The van der Waals surface area contributed by atoms with Gasteiger partial charge in [-0.25, -0.2) is 4.79 Å². The molecule has 0 saturated carbocycles. The van der Waals surface area contributed by atoms with E-state index in [0.717, 1.165) is 0 Å². The first-order valence-corrected chi connectivity index (χ1v) is 3.84. The molecule has 76 valence electrons. The summed E-state index contributed by atoms with van der Waals surface area (Å²) in [6, 6.07) is 0. The Balaban J connectivity index is 4.00. The maximum absolute atomic E-state index is 11.0. The standard InChI is InChI=1S/C8H14O5/c1-5(9)12-6(2)13-7(10)8(3,4)11/h6,11H,1-4H3. The molecule has 1 atom stereocenters. The van der Waals surface area contributed by atoms with Crippen LogP contribution in [0, 0.1) is 0 Å². The summed E-state index contributed by atoms with van der Waals surface area (Å²) >= 11 is 0. The molecule has 0 amide bonds. The monoisotopic (exact) mass is 190 g/mol. The van der Waals surface area contributed by atoms with Crippen molar-refractivity contribution in [2.24, 2.45) is 0 Å². The fraction of sp³-hybridized carbons (Fsp3) is 0.750. The Morgan fingerprint density at radius 1 is 1.31 bits per heavy atom. The number of hydrogen-bond acceptors (Lipinski definition) is 5. The third kappa shape index (κ3) is 5.19. The van der Waals surface area contributed by atoms with Crippen LogP contribution in [0.1, 0.15) is 27.7 Å². The molecule has 0 fully saturated rings. The van der Waals surface area contributed by atoms with Crippen LogP contribution in [0.4, 0.5) is 0 Å². The summed E-state index contributed by atoms with van der Waals surface area (Å²) in [4.78, 5) is 21.4. The van der Waals surface area contributed by atoms with Gasteiger partial charge in [0.25, 0.3) is 0 Å². The van der Waals surface area contributed by atoms with Crippen LogP contribution in [-0.2, 0) is 19.1 Å². The fourth-order valence-corrected chi connectivity index (χ4v) is 0.553. The normalized spacial score (nSPS) is 13.3. The zero-order chi connectivity index (χ0) is 10.6. The van der Waals surface area contributed by atoms with E-state index in [-0.39, 0.29) is 0 Å². The highest BCUT2D eigenvalue weighted by molar-refractivity contribution is 5.78. The number of aliphatic hydroxyl groups is 1. The average Bonchev–Trinajstić information content (AvgIpc) is 1.82. The van der Waals surface area contributed by atoms with E-state index in [0.29, 0.717) is 0 Å². The van der Waals surface area contributed by atoms with Gasteiger partial charge in [0.1, 0.15) is 0 Å². The van der Waals surface area contributed by atoms with Gasteiger partial charge in [0.05, 0.1) is 0 Å². The molecule has 5 nitrogen and oxygen atoms in total. The highest BCUT2D eigenvalue weighted by atomic mass is 16.7. The van der Waals surface area contributed by atoms with Gasteiger partial charge < -0.3 is 14.6 Å². The van der Waals surface area contributed by atoms with Crippen LogP contribution in [-0.4, -0.2) is 28.9 Å². The van der Waals surface area contributed by atoms with Gasteiger partial charge in [-0.2, -0.15) is 0 Å². The second-order valence-corrected chi connectivity index (χ2v) is 3.14. The van der Waals surface area contributed by atoms with Crippen LogP contribution in [0.5, 0.6) is 0 Å². The summed E-state index contributed by atoms with van der Waals surface area (Å²) in [5.74, 6) is -1.38. The van der Waals surface area contributed by atoms with Crippen molar-refractivity contribution in [3.05, 3.63) is 0 Å². The molecule has 13 heavy (non-hydrogen) atoms. The molecule has 0 aromatic heterocycles. The third-order valence-corrected chi connectivity index (χ3v) is 1.10. The van der Waals surface area contributed by atoms with Crippen molar-refractivity contribution in [1.82, 2.24) is 0 Å². The van der Waals surface area contributed by atoms with Crippen LogP contribution >= 0.6 is 0 Å². The maximum Gasteiger partial charge on any atom is 0.340 e. The quantitative estimate of drug-likeness (QED) is 0.508. The van der Waals surface area contributed by atoms with Crippen molar-refractivity contribution in [3.8, 4) is 0 Å². The van der Waals surface area contributed by atoms with Crippen molar-refractivity contribution < 1.29 is 24.2 Å². The summed E-state index contributed by atoms with van der Waals surface area (Å²) in [7, 11) is 0. The number of rotatable bonds is 3. The molecule has 1 N–H and O–H groups in total. The minimum absolute atomic E-state index is 0.545. The fourth-order valence-electron chi connectivity index (χ4n) is 0.553. The van der Waals surface area contributed by atoms with Crippen LogP contribution in [0.15, 0.2) is 0 Å². The van der Waals surface area contributed by atoms with E-state index in [9.17, 15) is 9.59 Å². The molecule has 0 rings (SSSR count). The Bertz CT molecular complexity index is 203. The summed E-state index contributed by atoms with van der Waals surface area (Å²) < 4.78 is 9.12. The molecule has 0 heterocycles. The molecule has 0 spiro atoms. The van der Waals surface area contributed by atoms with Gasteiger partial charge in [0.15, 0.2) is 5.60 Å². The number of hydrogen-bond donors (Lipinski definition) is 1. The van der Waals surface area contributed by atoms with Crippen LogP contribution in [0.2, 0.25) is 0 Å². The average molecular weight is 190 g/mol. The number of carbonyl (C=O) groups excluding carboxylic acids is 2. The molecule has 0 aromatic rings. The molecule has 0 radical (unpaired) electrons. The van der Waals surface area contributed by atoms with Gasteiger partial charge in [0, 0.05) is 13.8 Å². The van der Waals surface area contributed by atoms with Crippen molar-refractivity contribution >= 4 is 11.9 Å². The van der Waals surface area contributed by atoms with Gasteiger partial charge in [-0.05, 0) is 13.8 Å². The lowest BCUT2D eigenvalue weighted by molar-refractivity contribution is -0.194. The zero-order valence-corrected chi connectivity index (χ0v) is 8.16. The summed E-state index contributed by atoms with van der Waals surface area (Å²) in [5.41, 5.74) is -1.57. The zero-order valence-electron chi connectivity index (χ0n) is 8.16. The van der Waals surface area contributed by atoms with E-state index in [1.165, 1.54) is 27.7 Å². The molecule has 0 aromatic carbocycles. The molecule has 0 bridgehead atoms. The lowest BCUT2D eigenvalue weighted by atomic mass is 10.1.